The van der Waals surface area contributed by atoms with Crippen molar-refractivity contribution >= 4 is 24.0 Å². The highest BCUT2D eigenvalue weighted by atomic mass is 35.5. The molecule has 0 aliphatic heterocycles. The molecule has 0 aromatic heterocycles. The van der Waals surface area contributed by atoms with Crippen molar-refractivity contribution in [1.29, 1.82) is 0 Å². The molecule has 0 bridgehead atoms. The molecule has 0 aliphatic carbocycles. The maximum absolute atomic E-state index is 12.7. The quantitative estimate of drug-likeness (QED) is 0.495. The van der Waals surface area contributed by atoms with Crippen LogP contribution in [-0.4, -0.2) is 6.98 Å². The van der Waals surface area contributed by atoms with Crippen LogP contribution >= 0.6 is 11.6 Å². The van der Waals surface area contributed by atoms with Crippen molar-refractivity contribution in [2.75, 3.05) is 0 Å². The predicted octanol–water partition coefficient (Wildman–Crippen LogP) is 2.84. The largest absolute Gasteiger partial charge is 0.511 e. The minimum Gasteiger partial charge on any atom is -0.445 e. The first kappa shape index (κ1) is 10.4. The van der Waals surface area contributed by atoms with Crippen LogP contribution in [-0.2, 0) is 0 Å². The fourth-order valence-corrected chi connectivity index (χ4v) is 1.20. The number of halogens is 5. The van der Waals surface area contributed by atoms with E-state index < -0.39 is 23.3 Å². The zero-order valence-corrected chi connectivity index (χ0v) is 7.38. The van der Waals surface area contributed by atoms with Crippen molar-refractivity contribution in [2.24, 2.45) is 0 Å². The van der Waals surface area contributed by atoms with Crippen LogP contribution in [0, 0.1) is 12.7 Å². The van der Waals surface area contributed by atoms with Gasteiger partial charge < -0.3 is 12.9 Å². The van der Waals surface area contributed by atoms with Gasteiger partial charge in [-0.2, -0.15) is 0 Å². The van der Waals surface area contributed by atoms with Gasteiger partial charge in [0.05, 0.1) is 0 Å². The number of benzene rings is 1. The zero-order valence-electron chi connectivity index (χ0n) is 6.62. The molecule has 1 rings (SSSR count). The fraction of sp³-hybridized carbons (Fsp3) is 0.143. The summed E-state index contributed by atoms with van der Waals surface area (Å²) in [4.78, 5) is 0. The summed E-state index contributed by atoms with van der Waals surface area (Å²) >= 11 is 5.24. The summed E-state index contributed by atoms with van der Waals surface area (Å²) in [5.74, 6) is -0.728. The Morgan fingerprint density at radius 2 is 1.77 bits per heavy atom. The van der Waals surface area contributed by atoms with E-state index in [1.807, 2.05) is 0 Å². The number of rotatable bonds is 1. The molecule has 6 heteroatoms. The topological polar surface area (TPSA) is 0 Å². The molecule has 0 aliphatic rings. The van der Waals surface area contributed by atoms with Crippen molar-refractivity contribution < 1.29 is 17.3 Å². The molecule has 0 saturated heterocycles. The van der Waals surface area contributed by atoms with Crippen LogP contribution in [0.15, 0.2) is 12.1 Å². The molecule has 13 heavy (non-hydrogen) atoms. The van der Waals surface area contributed by atoms with Crippen molar-refractivity contribution in [1.82, 2.24) is 0 Å². The SMILES string of the molecule is Cc1cc([B-](F)(F)F)c(Cl)cc1F. The lowest BCUT2D eigenvalue weighted by atomic mass is 9.79. The second-order valence-electron chi connectivity index (χ2n) is 2.70. The fourth-order valence-electron chi connectivity index (χ4n) is 0.930. The number of hydrogen-bond acceptors (Lipinski definition) is 0. The van der Waals surface area contributed by atoms with Gasteiger partial charge >= 0.3 is 6.98 Å². The Labute approximate surface area is 77.6 Å². The van der Waals surface area contributed by atoms with Gasteiger partial charge in [-0.25, -0.2) is 4.39 Å². The van der Waals surface area contributed by atoms with E-state index in [0.717, 1.165) is 6.07 Å². The summed E-state index contributed by atoms with van der Waals surface area (Å²) in [5, 5.41) is -0.587. The third-order valence-corrected chi connectivity index (χ3v) is 1.96. The molecule has 0 heterocycles. The third kappa shape index (κ3) is 2.15. The molecule has 0 amide bonds. The molecule has 1 aromatic rings. The highest BCUT2D eigenvalue weighted by molar-refractivity contribution is 6.75. The molecule has 0 nitrogen and oxygen atoms in total. The molecular formula is C7H5BClF4-. The van der Waals surface area contributed by atoms with Crippen LogP contribution in [0.3, 0.4) is 0 Å². The van der Waals surface area contributed by atoms with Crippen molar-refractivity contribution in [2.45, 2.75) is 6.92 Å². The maximum Gasteiger partial charge on any atom is 0.511 e. The van der Waals surface area contributed by atoms with Crippen LogP contribution < -0.4 is 5.46 Å². The summed E-state index contributed by atoms with van der Waals surface area (Å²) in [6.45, 7) is -3.90. The summed E-state index contributed by atoms with van der Waals surface area (Å²) < 4.78 is 49.4. The minimum atomic E-state index is -5.16. The van der Waals surface area contributed by atoms with Gasteiger partial charge in [0.1, 0.15) is 5.82 Å². The Bertz CT molecular complexity index is 334. The van der Waals surface area contributed by atoms with E-state index in [2.05, 4.69) is 0 Å². The van der Waals surface area contributed by atoms with Gasteiger partial charge in [-0.1, -0.05) is 23.1 Å². The zero-order chi connectivity index (χ0) is 10.2. The monoisotopic (exact) mass is 211 g/mol. The highest BCUT2D eigenvalue weighted by Crippen LogP contribution is 2.19. The number of hydrogen-bond donors (Lipinski definition) is 0. The summed E-state index contributed by atoms with van der Waals surface area (Å²) in [5.41, 5.74) is -1.00. The average molecular weight is 211 g/mol. The van der Waals surface area contributed by atoms with E-state index in [4.69, 9.17) is 11.6 Å². The van der Waals surface area contributed by atoms with Gasteiger partial charge in [-0.05, 0) is 18.6 Å². The van der Waals surface area contributed by atoms with E-state index in [1.165, 1.54) is 6.92 Å². The first-order chi connectivity index (χ1) is 5.82. The maximum atomic E-state index is 12.7. The molecule has 0 spiro atoms. The Hall–Kier alpha value is -0.705. The van der Waals surface area contributed by atoms with Gasteiger partial charge in [0.15, 0.2) is 0 Å². The normalized spacial score (nSPS) is 11.8. The summed E-state index contributed by atoms with van der Waals surface area (Å²) in [6, 6.07) is 1.40. The van der Waals surface area contributed by atoms with E-state index in [9.17, 15) is 17.3 Å². The molecule has 0 atom stereocenters. The Morgan fingerprint density at radius 3 is 2.23 bits per heavy atom. The van der Waals surface area contributed by atoms with Crippen molar-refractivity contribution in [3.63, 3.8) is 0 Å². The first-order valence-electron chi connectivity index (χ1n) is 3.48. The van der Waals surface area contributed by atoms with E-state index in [0.29, 0.717) is 6.07 Å². The smallest absolute Gasteiger partial charge is 0.445 e. The Balaban J connectivity index is 3.32. The molecule has 1 aromatic carbocycles. The van der Waals surface area contributed by atoms with Gasteiger partial charge in [-0.15, -0.1) is 0 Å². The summed E-state index contributed by atoms with van der Waals surface area (Å²) in [6.07, 6.45) is 0. The molecule has 0 unspecified atom stereocenters. The van der Waals surface area contributed by atoms with E-state index in [1.54, 1.807) is 0 Å². The van der Waals surface area contributed by atoms with Gasteiger partial charge in [0.2, 0.25) is 0 Å². The van der Waals surface area contributed by atoms with Gasteiger partial charge in [-0.3, -0.25) is 0 Å². The van der Waals surface area contributed by atoms with Crippen LogP contribution in [0.5, 0.6) is 0 Å². The van der Waals surface area contributed by atoms with Crippen LogP contribution in [0.1, 0.15) is 5.56 Å². The Morgan fingerprint density at radius 1 is 1.23 bits per heavy atom. The van der Waals surface area contributed by atoms with E-state index in [-0.39, 0.29) is 5.56 Å². The molecular weight excluding hydrogens is 206 g/mol. The minimum absolute atomic E-state index is 0.0569. The first-order valence-corrected chi connectivity index (χ1v) is 3.85. The highest BCUT2D eigenvalue weighted by Gasteiger charge is 2.28. The van der Waals surface area contributed by atoms with Gasteiger partial charge in [0, 0.05) is 5.02 Å². The van der Waals surface area contributed by atoms with E-state index >= 15 is 0 Å². The summed E-state index contributed by atoms with van der Waals surface area (Å²) in [7, 11) is 0. The molecule has 0 saturated carbocycles. The molecule has 0 N–H and O–H groups in total. The van der Waals surface area contributed by atoms with Crippen LogP contribution in [0.25, 0.3) is 0 Å². The second-order valence-corrected chi connectivity index (χ2v) is 3.10. The average Bonchev–Trinajstić information content (AvgIpc) is 1.94. The molecule has 0 fully saturated rings. The van der Waals surface area contributed by atoms with Crippen LogP contribution in [0.4, 0.5) is 17.3 Å². The van der Waals surface area contributed by atoms with Crippen molar-refractivity contribution in [3.8, 4) is 0 Å². The lowest BCUT2D eigenvalue weighted by Crippen LogP contribution is -2.35. The van der Waals surface area contributed by atoms with Crippen molar-refractivity contribution in [3.05, 3.63) is 28.5 Å². The lowest BCUT2D eigenvalue weighted by molar-refractivity contribution is 0.500. The Kier molecular flexibility index (Phi) is 2.57. The second kappa shape index (κ2) is 3.22. The number of aryl methyl sites for hydroxylation is 1. The molecule has 72 valence electrons. The predicted molar refractivity (Wildman–Crippen MR) is 44.9 cm³/mol. The molecule has 0 radical (unpaired) electrons. The van der Waals surface area contributed by atoms with Gasteiger partial charge in [0.25, 0.3) is 0 Å². The van der Waals surface area contributed by atoms with Crippen LogP contribution in [0.2, 0.25) is 5.02 Å². The standard InChI is InChI=1S/C7H5BClF4/c1-4-2-5(8(11,12)13)6(9)3-7(4)10/h2-3H,1H3/q-1. The lowest BCUT2D eigenvalue weighted by Gasteiger charge is -2.17. The third-order valence-electron chi connectivity index (χ3n) is 1.63.